The number of nitrogens with two attached hydrogens (primary N) is 1. The van der Waals surface area contributed by atoms with Crippen LogP contribution >= 0.6 is 0 Å². The van der Waals surface area contributed by atoms with Crippen LogP contribution in [-0.4, -0.2) is 4.98 Å². The maximum Gasteiger partial charge on any atom is 0.148 e. The largest absolute Gasteiger partial charge is 0.487 e. The van der Waals surface area contributed by atoms with Crippen molar-refractivity contribution in [3.05, 3.63) is 65.9 Å². The van der Waals surface area contributed by atoms with Crippen molar-refractivity contribution in [2.75, 3.05) is 5.73 Å². The smallest absolute Gasteiger partial charge is 0.148 e. The van der Waals surface area contributed by atoms with Gasteiger partial charge in [-0.25, -0.2) is 0 Å². The molecule has 4 nitrogen and oxygen atoms in total. The lowest BCUT2D eigenvalue weighted by molar-refractivity contribution is 0.309. The number of nitrogen functional groups attached to an aromatic ring is 1. The summed E-state index contributed by atoms with van der Waals surface area (Å²) in [5.74, 6) is 0.569. The molecule has 0 aliphatic carbocycles. The summed E-state index contributed by atoms with van der Waals surface area (Å²) in [5, 5.41) is 10.1. The molecule has 0 fully saturated rings. The van der Waals surface area contributed by atoms with Gasteiger partial charge in [-0.1, -0.05) is 24.3 Å². The minimum absolute atomic E-state index is 0.378. The Balaban J connectivity index is 1.95. The Morgan fingerprint density at radius 2 is 1.86 bits per heavy atom. The molecule has 0 spiro atoms. The van der Waals surface area contributed by atoms with E-state index < -0.39 is 0 Å². The molecular formula is C17H13N3O. The molecule has 0 unspecified atom stereocenters. The number of nitrogens with zero attached hydrogens (tertiary/aromatic N) is 2. The molecule has 4 heteroatoms. The number of nitriles is 1. The van der Waals surface area contributed by atoms with E-state index in [9.17, 15) is 5.26 Å². The second kappa shape index (κ2) is 5.51. The first kappa shape index (κ1) is 12.9. The standard InChI is InChI=1S/C17H13N3O/c18-9-13-10-20-16-4-2-1-3-15(16)17(13)21-11-12-5-7-14(19)8-6-12/h1-8,10H,11,19H2. The normalized spacial score (nSPS) is 10.2. The molecule has 0 radical (unpaired) electrons. The Morgan fingerprint density at radius 3 is 2.62 bits per heavy atom. The van der Waals surface area contributed by atoms with Crippen molar-refractivity contribution in [2.45, 2.75) is 6.61 Å². The third-order valence-electron chi connectivity index (χ3n) is 3.21. The van der Waals surface area contributed by atoms with E-state index in [1.54, 1.807) is 6.20 Å². The topological polar surface area (TPSA) is 71.9 Å². The third kappa shape index (κ3) is 2.63. The molecule has 0 saturated heterocycles. The van der Waals surface area contributed by atoms with Crippen molar-refractivity contribution in [3.63, 3.8) is 0 Å². The number of ether oxygens (including phenoxy) is 1. The van der Waals surface area contributed by atoms with Gasteiger partial charge in [-0.15, -0.1) is 0 Å². The van der Waals surface area contributed by atoms with Gasteiger partial charge in [0.05, 0.1) is 5.52 Å². The van der Waals surface area contributed by atoms with Crippen LogP contribution in [0.25, 0.3) is 10.9 Å². The first-order valence-corrected chi connectivity index (χ1v) is 6.53. The molecule has 1 aromatic heterocycles. The maximum atomic E-state index is 9.22. The number of hydrogen-bond donors (Lipinski definition) is 1. The van der Waals surface area contributed by atoms with Gasteiger partial charge in [-0.2, -0.15) is 5.26 Å². The number of anilines is 1. The van der Waals surface area contributed by atoms with Gasteiger partial charge >= 0.3 is 0 Å². The summed E-state index contributed by atoms with van der Waals surface area (Å²) in [6.07, 6.45) is 1.54. The fraction of sp³-hybridized carbons (Fsp3) is 0.0588. The summed E-state index contributed by atoms with van der Waals surface area (Å²) in [6, 6.07) is 17.2. The van der Waals surface area contributed by atoms with Gasteiger partial charge in [0.15, 0.2) is 0 Å². The molecule has 21 heavy (non-hydrogen) atoms. The van der Waals surface area contributed by atoms with Crippen LogP contribution in [0, 0.1) is 11.3 Å². The number of para-hydroxylation sites is 1. The van der Waals surface area contributed by atoms with Gasteiger partial charge in [0.2, 0.25) is 0 Å². The number of pyridine rings is 1. The first-order valence-electron chi connectivity index (χ1n) is 6.53. The summed E-state index contributed by atoms with van der Waals surface area (Å²) >= 11 is 0. The SMILES string of the molecule is N#Cc1cnc2ccccc2c1OCc1ccc(N)cc1. The van der Waals surface area contributed by atoms with Gasteiger partial charge in [-0.05, 0) is 29.8 Å². The highest BCUT2D eigenvalue weighted by Gasteiger charge is 2.10. The Hall–Kier alpha value is -3.06. The highest BCUT2D eigenvalue weighted by molar-refractivity contribution is 5.87. The second-order valence-corrected chi connectivity index (χ2v) is 4.66. The predicted molar refractivity (Wildman–Crippen MR) is 81.6 cm³/mol. The molecule has 102 valence electrons. The van der Waals surface area contributed by atoms with Crippen LogP contribution in [0.2, 0.25) is 0 Å². The van der Waals surface area contributed by atoms with Crippen LogP contribution in [-0.2, 0) is 6.61 Å². The predicted octanol–water partition coefficient (Wildman–Crippen LogP) is 3.27. The van der Waals surface area contributed by atoms with Crippen LogP contribution in [0.15, 0.2) is 54.7 Å². The van der Waals surface area contributed by atoms with E-state index in [-0.39, 0.29) is 0 Å². The lowest BCUT2D eigenvalue weighted by atomic mass is 10.1. The summed E-state index contributed by atoms with van der Waals surface area (Å²) in [7, 11) is 0. The fourth-order valence-electron chi connectivity index (χ4n) is 2.12. The van der Waals surface area contributed by atoms with Gasteiger partial charge in [0.1, 0.15) is 24.0 Å². The van der Waals surface area contributed by atoms with Crippen LogP contribution in [0.5, 0.6) is 5.75 Å². The van der Waals surface area contributed by atoms with E-state index in [2.05, 4.69) is 11.1 Å². The molecule has 0 atom stereocenters. The summed E-state index contributed by atoms with van der Waals surface area (Å²) in [6.45, 7) is 0.378. The van der Waals surface area contributed by atoms with Gasteiger partial charge in [0.25, 0.3) is 0 Å². The minimum atomic E-state index is 0.378. The Bertz CT molecular complexity index is 820. The molecule has 0 aliphatic rings. The van der Waals surface area contributed by atoms with Gasteiger partial charge in [-0.3, -0.25) is 4.98 Å². The minimum Gasteiger partial charge on any atom is -0.487 e. The fourth-order valence-corrected chi connectivity index (χ4v) is 2.12. The Morgan fingerprint density at radius 1 is 1.10 bits per heavy atom. The van der Waals surface area contributed by atoms with E-state index in [0.29, 0.717) is 23.6 Å². The number of benzene rings is 2. The number of hydrogen-bond acceptors (Lipinski definition) is 4. The first-order chi connectivity index (χ1) is 10.3. The molecule has 2 aromatic carbocycles. The second-order valence-electron chi connectivity index (χ2n) is 4.66. The van der Waals surface area contributed by atoms with E-state index in [1.165, 1.54) is 0 Å². The van der Waals surface area contributed by atoms with Crippen molar-refractivity contribution in [2.24, 2.45) is 0 Å². The van der Waals surface area contributed by atoms with Crippen molar-refractivity contribution in [3.8, 4) is 11.8 Å². The highest BCUT2D eigenvalue weighted by Crippen LogP contribution is 2.28. The van der Waals surface area contributed by atoms with Crippen LogP contribution in [0.4, 0.5) is 5.69 Å². The lowest BCUT2D eigenvalue weighted by Crippen LogP contribution is -1.99. The van der Waals surface area contributed by atoms with Crippen LogP contribution in [0.3, 0.4) is 0 Å². The molecule has 0 aliphatic heterocycles. The average Bonchev–Trinajstić information content (AvgIpc) is 2.54. The van der Waals surface area contributed by atoms with E-state index in [0.717, 1.165) is 16.5 Å². The Labute approximate surface area is 122 Å². The Kier molecular flexibility index (Phi) is 3.40. The molecule has 2 N–H and O–H groups in total. The van der Waals surface area contributed by atoms with Crippen molar-refractivity contribution >= 4 is 16.6 Å². The molecule has 0 saturated carbocycles. The van der Waals surface area contributed by atoms with E-state index in [1.807, 2.05) is 48.5 Å². The van der Waals surface area contributed by atoms with E-state index in [4.69, 9.17) is 10.5 Å². The summed E-state index contributed by atoms with van der Waals surface area (Å²) in [5.41, 5.74) is 8.61. The average molecular weight is 275 g/mol. The van der Waals surface area contributed by atoms with Gasteiger partial charge < -0.3 is 10.5 Å². The monoisotopic (exact) mass is 275 g/mol. The highest BCUT2D eigenvalue weighted by atomic mass is 16.5. The molecule has 0 bridgehead atoms. The third-order valence-corrected chi connectivity index (χ3v) is 3.21. The zero-order valence-electron chi connectivity index (χ0n) is 11.3. The van der Waals surface area contributed by atoms with Crippen molar-refractivity contribution < 1.29 is 4.74 Å². The number of rotatable bonds is 3. The maximum absolute atomic E-state index is 9.22. The number of fused-ring (bicyclic) bond motifs is 1. The number of aromatic nitrogens is 1. The summed E-state index contributed by atoms with van der Waals surface area (Å²) in [4.78, 5) is 4.26. The van der Waals surface area contributed by atoms with E-state index >= 15 is 0 Å². The zero-order valence-corrected chi connectivity index (χ0v) is 11.3. The van der Waals surface area contributed by atoms with Gasteiger partial charge in [0, 0.05) is 17.3 Å². The zero-order chi connectivity index (χ0) is 14.7. The molecular weight excluding hydrogens is 262 g/mol. The molecule has 3 aromatic rings. The van der Waals surface area contributed by atoms with Crippen molar-refractivity contribution in [1.82, 2.24) is 4.98 Å². The lowest BCUT2D eigenvalue weighted by Gasteiger charge is -2.10. The quantitative estimate of drug-likeness (QED) is 0.745. The van der Waals surface area contributed by atoms with Crippen molar-refractivity contribution in [1.29, 1.82) is 5.26 Å². The molecule has 3 rings (SSSR count). The van der Waals surface area contributed by atoms with Crippen LogP contribution in [0.1, 0.15) is 11.1 Å². The summed E-state index contributed by atoms with van der Waals surface area (Å²) < 4.78 is 5.86. The molecule has 0 amide bonds. The molecule has 1 heterocycles. The van der Waals surface area contributed by atoms with Crippen LogP contribution < -0.4 is 10.5 Å².